The molecule has 0 aromatic heterocycles. The average Bonchev–Trinajstić information content (AvgIpc) is 2.47. The molecule has 0 saturated carbocycles. The van der Waals surface area contributed by atoms with E-state index in [1.54, 1.807) is 0 Å². The Balaban J connectivity index is 1.79. The first-order chi connectivity index (χ1) is 9.70. The summed E-state index contributed by atoms with van der Waals surface area (Å²) in [6, 6.07) is 7.99. The monoisotopic (exact) mass is 341 g/mol. The fraction of sp³-hybridized carbons (Fsp3) is 0.533. The van der Waals surface area contributed by atoms with Gasteiger partial charge >= 0.3 is 0 Å². The zero-order valence-electron chi connectivity index (χ0n) is 11.7. The number of carbonyl (C=O) groups is 1. The minimum atomic E-state index is 0.130. The van der Waals surface area contributed by atoms with E-state index in [0.717, 1.165) is 16.6 Å². The molecule has 1 aliphatic heterocycles. The molecule has 0 N–H and O–H groups in total. The first-order valence-electron chi connectivity index (χ1n) is 6.83. The first kappa shape index (κ1) is 15.3. The van der Waals surface area contributed by atoms with E-state index in [4.69, 9.17) is 9.47 Å². The van der Waals surface area contributed by atoms with Gasteiger partial charge < -0.3 is 14.4 Å². The van der Waals surface area contributed by atoms with E-state index in [-0.39, 0.29) is 11.9 Å². The highest BCUT2D eigenvalue weighted by Crippen LogP contribution is 2.14. The topological polar surface area (TPSA) is 38.8 Å². The van der Waals surface area contributed by atoms with Gasteiger partial charge in [0.2, 0.25) is 5.91 Å². The van der Waals surface area contributed by atoms with E-state index in [1.807, 2.05) is 36.1 Å². The molecule has 1 fully saturated rings. The Morgan fingerprint density at radius 1 is 1.55 bits per heavy atom. The minimum absolute atomic E-state index is 0.130. The molecule has 5 heteroatoms. The molecular formula is C15H20BrNO3. The van der Waals surface area contributed by atoms with Crippen molar-refractivity contribution >= 4 is 21.8 Å². The van der Waals surface area contributed by atoms with E-state index in [0.29, 0.717) is 32.8 Å². The molecule has 0 spiro atoms. The SMILES string of the molecule is Cc1cccc(OCCC(=O)N2CCOCC2CBr)c1. The van der Waals surface area contributed by atoms with Gasteiger partial charge in [0.25, 0.3) is 0 Å². The molecule has 0 aliphatic carbocycles. The summed E-state index contributed by atoms with van der Waals surface area (Å²) in [7, 11) is 0. The van der Waals surface area contributed by atoms with E-state index < -0.39 is 0 Å². The van der Waals surface area contributed by atoms with Gasteiger partial charge in [-0.15, -0.1) is 0 Å². The Morgan fingerprint density at radius 3 is 3.15 bits per heavy atom. The largest absolute Gasteiger partial charge is 0.493 e. The lowest BCUT2D eigenvalue weighted by Crippen LogP contribution is -2.49. The number of halogens is 1. The van der Waals surface area contributed by atoms with Crippen molar-refractivity contribution < 1.29 is 14.3 Å². The van der Waals surface area contributed by atoms with Gasteiger partial charge in [0, 0.05) is 11.9 Å². The Kier molecular flexibility index (Phi) is 5.86. The predicted octanol–water partition coefficient (Wildman–Crippen LogP) is 2.39. The van der Waals surface area contributed by atoms with Crippen molar-refractivity contribution in [2.45, 2.75) is 19.4 Å². The number of hydrogen-bond donors (Lipinski definition) is 0. The second-order valence-corrected chi connectivity index (χ2v) is 5.53. The molecule has 1 aliphatic rings. The van der Waals surface area contributed by atoms with E-state index in [9.17, 15) is 4.79 Å². The Labute approximate surface area is 128 Å². The number of benzene rings is 1. The Bertz CT molecular complexity index is 452. The molecule has 1 unspecified atom stereocenters. The van der Waals surface area contributed by atoms with Crippen molar-refractivity contribution in [2.24, 2.45) is 0 Å². The lowest BCUT2D eigenvalue weighted by molar-refractivity contribution is -0.139. The molecule has 1 amide bonds. The van der Waals surface area contributed by atoms with Crippen molar-refractivity contribution in [1.82, 2.24) is 4.90 Å². The van der Waals surface area contributed by atoms with Gasteiger partial charge in [0.05, 0.1) is 32.3 Å². The van der Waals surface area contributed by atoms with Gasteiger partial charge in [-0.2, -0.15) is 0 Å². The zero-order chi connectivity index (χ0) is 14.4. The molecule has 0 radical (unpaired) electrons. The summed E-state index contributed by atoms with van der Waals surface area (Å²) in [6.07, 6.45) is 0.400. The molecule has 4 nitrogen and oxygen atoms in total. The predicted molar refractivity (Wildman–Crippen MR) is 81.4 cm³/mol. The minimum Gasteiger partial charge on any atom is -0.493 e. The molecule has 1 atom stereocenters. The van der Waals surface area contributed by atoms with E-state index >= 15 is 0 Å². The maximum atomic E-state index is 12.2. The molecule has 1 aromatic rings. The summed E-state index contributed by atoms with van der Waals surface area (Å²) < 4.78 is 11.0. The van der Waals surface area contributed by atoms with Gasteiger partial charge in [-0.05, 0) is 24.6 Å². The molecule has 1 saturated heterocycles. The lowest BCUT2D eigenvalue weighted by atomic mass is 10.2. The molecule has 20 heavy (non-hydrogen) atoms. The summed E-state index contributed by atoms with van der Waals surface area (Å²) in [5, 5.41) is 0.747. The number of ether oxygens (including phenoxy) is 2. The van der Waals surface area contributed by atoms with Crippen LogP contribution in [0.1, 0.15) is 12.0 Å². The second-order valence-electron chi connectivity index (χ2n) is 4.89. The number of carbonyl (C=O) groups excluding carboxylic acids is 1. The van der Waals surface area contributed by atoms with Gasteiger partial charge in [0.1, 0.15) is 5.75 Å². The van der Waals surface area contributed by atoms with E-state index in [2.05, 4.69) is 15.9 Å². The number of nitrogens with zero attached hydrogens (tertiary/aromatic N) is 1. The number of rotatable bonds is 5. The number of morpholine rings is 1. The third-order valence-corrected chi connectivity index (χ3v) is 4.05. The number of alkyl halides is 1. The van der Waals surface area contributed by atoms with Crippen LogP contribution in [0.15, 0.2) is 24.3 Å². The molecule has 110 valence electrons. The maximum absolute atomic E-state index is 12.2. The van der Waals surface area contributed by atoms with Crippen molar-refractivity contribution in [2.75, 3.05) is 31.7 Å². The third-order valence-electron chi connectivity index (χ3n) is 3.30. The average molecular weight is 342 g/mol. The van der Waals surface area contributed by atoms with Crippen LogP contribution in [0.2, 0.25) is 0 Å². The molecule has 1 aromatic carbocycles. The van der Waals surface area contributed by atoms with Crippen molar-refractivity contribution in [3.05, 3.63) is 29.8 Å². The number of hydrogen-bond acceptors (Lipinski definition) is 3. The highest BCUT2D eigenvalue weighted by Gasteiger charge is 2.25. The lowest BCUT2D eigenvalue weighted by Gasteiger charge is -2.34. The summed E-state index contributed by atoms with van der Waals surface area (Å²) >= 11 is 3.43. The Hall–Kier alpha value is -1.07. The smallest absolute Gasteiger partial charge is 0.226 e. The van der Waals surface area contributed by atoms with Crippen LogP contribution in [0.5, 0.6) is 5.75 Å². The van der Waals surface area contributed by atoms with Crippen molar-refractivity contribution in [1.29, 1.82) is 0 Å². The highest BCUT2D eigenvalue weighted by atomic mass is 79.9. The quantitative estimate of drug-likeness (QED) is 0.772. The van der Waals surface area contributed by atoms with Crippen LogP contribution in [0.25, 0.3) is 0 Å². The molecular weight excluding hydrogens is 322 g/mol. The van der Waals surface area contributed by atoms with Crippen LogP contribution in [0.3, 0.4) is 0 Å². The van der Waals surface area contributed by atoms with Crippen LogP contribution < -0.4 is 4.74 Å². The summed E-state index contributed by atoms with van der Waals surface area (Å²) in [5.41, 5.74) is 1.15. The van der Waals surface area contributed by atoms with Gasteiger partial charge in [-0.3, -0.25) is 4.79 Å². The molecule has 1 heterocycles. The maximum Gasteiger partial charge on any atom is 0.226 e. The summed E-state index contributed by atoms with van der Waals surface area (Å²) in [4.78, 5) is 14.1. The van der Waals surface area contributed by atoms with Crippen LogP contribution in [0, 0.1) is 6.92 Å². The molecule has 2 rings (SSSR count). The Morgan fingerprint density at radius 2 is 2.40 bits per heavy atom. The zero-order valence-corrected chi connectivity index (χ0v) is 13.3. The van der Waals surface area contributed by atoms with Crippen LogP contribution in [-0.2, 0) is 9.53 Å². The number of aryl methyl sites for hydroxylation is 1. The fourth-order valence-corrected chi connectivity index (χ4v) is 2.75. The van der Waals surface area contributed by atoms with Gasteiger partial charge in [0.15, 0.2) is 0 Å². The fourth-order valence-electron chi connectivity index (χ4n) is 2.22. The third kappa shape index (κ3) is 4.21. The normalized spacial score (nSPS) is 18.9. The van der Waals surface area contributed by atoms with Crippen molar-refractivity contribution in [3.63, 3.8) is 0 Å². The summed E-state index contributed by atoms with van der Waals surface area (Å²) in [6.45, 7) is 4.32. The standard InChI is InChI=1S/C15H20BrNO3/c1-12-3-2-4-14(9-12)20-7-5-15(18)17-6-8-19-11-13(17)10-16/h2-4,9,13H,5-8,10-11H2,1H3. The molecule has 0 bridgehead atoms. The van der Waals surface area contributed by atoms with Crippen LogP contribution in [-0.4, -0.2) is 48.5 Å². The number of amides is 1. The second kappa shape index (κ2) is 7.64. The van der Waals surface area contributed by atoms with Crippen LogP contribution in [0.4, 0.5) is 0 Å². The van der Waals surface area contributed by atoms with Crippen LogP contribution >= 0.6 is 15.9 Å². The van der Waals surface area contributed by atoms with E-state index in [1.165, 1.54) is 0 Å². The highest BCUT2D eigenvalue weighted by molar-refractivity contribution is 9.09. The first-order valence-corrected chi connectivity index (χ1v) is 7.95. The summed E-state index contributed by atoms with van der Waals surface area (Å²) in [5.74, 6) is 0.947. The van der Waals surface area contributed by atoms with Gasteiger partial charge in [-0.1, -0.05) is 28.1 Å². The van der Waals surface area contributed by atoms with Gasteiger partial charge in [-0.25, -0.2) is 0 Å². The van der Waals surface area contributed by atoms with Crippen molar-refractivity contribution in [3.8, 4) is 5.75 Å².